The van der Waals surface area contributed by atoms with Gasteiger partial charge in [-0.15, -0.1) is 0 Å². The summed E-state index contributed by atoms with van der Waals surface area (Å²) in [7, 11) is 3.81. The Balaban J connectivity index is 1.84. The number of hydrogen-bond donors (Lipinski definition) is 2. The van der Waals surface area contributed by atoms with E-state index in [0.717, 1.165) is 31.4 Å². The zero-order valence-corrected chi connectivity index (χ0v) is 16.0. The van der Waals surface area contributed by atoms with Crippen LogP contribution in [-0.2, 0) is 14.3 Å². The maximum atomic E-state index is 12.0. The average molecular weight is 384 g/mol. The van der Waals surface area contributed by atoms with E-state index in [2.05, 4.69) is 10.6 Å². The third kappa shape index (κ3) is 6.43. The first-order chi connectivity index (χ1) is 13.4. The number of nitrogens with one attached hydrogen (secondary N) is 2. The van der Waals surface area contributed by atoms with Crippen LogP contribution in [0.15, 0.2) is 29.8 Å². The van der Waals surface area contributed by atoms with Crippen molar-refractivity contribution in [1.82, 2.24) is 10.6 Å². The molecule has 0 heterocycles. The molecule has 28 heavy (non-hydrogen) atoms. The van der Waals surface area contributed by atoms with E-state index in [4.69, 9.17) is 4.74 Å². The second-order valence-electron chi connectivity index (χ2n) is 6.73. The SMILES string of the molecule is CN(C)c1ccc(/C=C(\C#N)C(=O)OCC(=O)NC(=O)NC2CCCC2)cc1. The summed E-state index contributed by atoms with van der Waals surface area (Å²) in [5, 5.41) is 14.0. The van der Waals surface area contributed by atoms with Gasteiger partial charge in [0.25, 0.3) is 5.91 Å². The van der Waals surface area contributed by atoms with E-state index >= 15 is 0 Å². The van der Waals surface area contributed by atoms with Gasteiger partial charge in [0.2, 0.25) is 0 Å². The van der Waals surface area contributed by atoms with E-state index < -0.39 is 24.5 Å². The van der Waals surface area contributed by atoms with Gasteiger partial charge in [0.15, 0.2) is 6.61 Å². The van der Waals surface area contributed by atoms with E-state index in [-0.39, 0.29) is 11.6 Å². The summed E-state index contributed by atoms with van der Waals surface area (Å²) >= 11 is 0. The van der Waals surface area contributed by atoms with Crippen LogP contribution >= 0.6 is 0 Å². The molecule has 0 bridgehead atoms. The predicted molar refractivity (Wildman–Crippen MR) is 104 cm³/mol. The smallest absolute Gasteiger partial charge is 0.349 e. The van der Waals surface area contributed by atoms with Crippen LogP contribution in [0.3, 0.4) is 0 Å². The number of carbonyl (C=O) groups excluding carboxylic acids is 3. The number of rotatable bonds is 6. The summed E-state index contributed by atoms with van der Waals surface area (Å²) in [6, 6.07) is 8.46. The molecule has 8 heteroatoms. The quantitative estimate of drug-likeness (QED) is 0.441. The van der Waals surface area contributed by atoms with Gasteiger partial charge in [0, 0.05) is 25.8 Å². The Morgan fingerprint density at radius 2 is 1.86 bits per heavy atom. The number of nitrogens with zero attached hydrogens (tertiary/aromatic N) is 2. The monoisotopic (exact) mass is 384 g/mol. The number of carbonyl (C=O) groups is 3. The zero-order valence-electron chi connectivity index (χ0n) is 16.0. The fraction of sp³-hybridized carbons (Fsp3) is 0.400. The molecule has 0 aromatic heterocycles. The number of ether oxygens (including phenoxy) is 1. The van der Waals surface area contributed by atoms with Crippen molar-refractivity contribution >= 4 is 29.7 Å². The summed E-state index contributed by atoms with van der Waals surface area (Å²) in [6.07, 6.45) is 5.27. The Kier molecular flexibility index (Phi) is 7.57. The largest absolute Gasteiger partial charge is 0.451 e. The highest BCUT2D eigenvalue weighted by molar-refractivity contribution is 6.00. The van der Waals surface area contributed by atoms with Crippen LogP contribution in [0.25, 0.3) is 6.08 Å². The molecule has 0 atom stereocenters. The first-order valence-corrected chi connectivity index (χ1v) is 9.05. The molecule has 2 N–H and O–H groups in total. The molecule has 1 aromatic rings. The maximum absolute atomic E-state index is 12.0. The van der Waals surface area contributed by atoms with Crippen LogP contribution in [0.4, 0.5) is 10.5 Å². The lowest BCUT2D eigenvalue weighted by molar-refractivity contribution is -0.144. The van der Waals surface area contributed by atoms with Gasteiger partial charge in [-0.25, -0.2) is 9.59 Å². The normalized spacial score (nSPS) is 14.1. The third-order valence-electron chi connectivity index (χ3n) is 4.34. The van der Waals surface area contributed by atoms with Gasteiger partial charge in [0.05, 0.1) is 0 Å². The lowest BCUT2D eigenvalue weighted by atomic mass is 10.1. The van der Waals surface area contributed by atoms with Gasteiger partial charge < -0.3 is 15.0 Å². The highest BCUT2D eigenvalue weighted by Gasteiger charge is 2.19. The number of nitriles is 1. The van der Waals surface area contributed by atoms with Crippen molar-refractivity contribution in [1.29, 1.82) is 5.26 Å². The van der Waals surface area contributed by atoms with Gasteiger partial charge in [0.1, 0.15) is 11.6 Å². The van der Waals surface area contributed by atoms with Crippen LogP contribution in [0.1, 0.15) is 31.2 Å². The van der Waals surface area contributed by atoms with E-state index in [1.54, 1.807) is 18.2 Å². The number of urea groups is 1. The molecule has 0 unspecified atom stereocenters. The maximum Gasteiger partial charge on any atom is 0.349 e. The minimum absolute atomic E-state index is 0.0716. The molecule has 0 spiro atoms. The summed E-state index contributed by atoms with van der Waals surface area (Å²) in [4.78, 5) is 37.4. The molecular weight excluding hydrogens is 360 g/mol. The van der Waals surface area contributed by atoms with Crippen LogP contribution in [0, 0.1) is 11.3 Å². The minimum atomic E-state index is -0.925. The van der Waals surface area contributed by atoms with Gasteiger partial charge >= 0.3 is 12.0 Å². The predicted octanol–water partition coefficient (Wildman–Crippen LogP) is 1.97. The minimum Gasteiger partial charge on any atom is -0.451 e. The van der Waals surface area contributed by atoms with Crippen LogP contribution in [-0.4, -0.2) is 44.7 Å². The zero-order chi connectivity index (χ0) is 20.5. The molecule has 148 valence electrons. The Labute approximate surface area is 164 Å². The van der Waals surface area contributed by atoms with Crippen molar-refractivity contribution in [3.63, 3.8) is 0 Å². The van der Waals surface area contributed by atoms with Gasteiger partial charge in [-0.3, -0.25) is 10.1 Å². The van der Waals surface area contributed by atoms with Crippen LogP contribution in [0.2, 0.25) is 0 Å². The first-order valence-electron chi connectivity index (χ1n) is 9.05. The topological polar surface area (TPSA) is 112 Å². The Morgan fingerprint density at radius 3 is 2.43 bits per heavy atom. The third-order valence-corrected chi connectivity index (χ3v) is 4.34. The van der Waals surface area contributed by atoms with Crippen LogP contribution in [0.5, 0.6) is 0 Å². The van der Waals surface area contributed by atoms with Crippen molar-refractivity contribution in [3.05, 3.63) is 35.4 Å². The van der Waals surface area contributed by atoms with E-state index in [9.17, 15) is 19.6 Å². The average Bonchev–Trinajstić information content (AvgIpc) is 3.17. The summed E-state index contributed by atoms with van der Waals surface area (Å²) in [5.74, 6) is -1.68. The summed E-state index contributed by atoms with van der Waals surface area (Å²) in [5.41, 5.74) is 1.39. The summed E-state index contributed by atoms with van der Waals surface area (Å²) < 4.78 is 4.83. The number of hydrogen-bond acceptors (Lipinski definition) is 6. The first kappa shape index (κ1) is 21.0. The van der Waals surface area contributed by atoms with Crippen molar-refractivity contribution < 1.29 is 19.1 Å². The lowest BCUT2D eigenvalue weighted by Crippen LogP contribution is -2.45. The highest BCUT2D eigenvalue weighted by atomic mass is 16.5. The summed E-state index contributed by atoms with van der Waals surface area (Å²) in [6.45, 7) is -0.643. The molecule has 0 saturated heterocycles. The lowest BCUT2D eigenvalue weighted by Gasteiger charge is -2.12. The number of esters is 1. The number of imide groups is 1. The fourth-order valence-corrected chi connectivity index (χ4v) is 2.84. The molecule has 2 rings (SSSR count). The van der Waals surface area contributed by atoms with Crippen molar-refractivity contribution in [2.45, 2.75) is 31.7 Å². The molecular formula is C20H24N4O4. The van der Waals surface area contributed by atoms with Gasteiger partial charge in [-0.05, 0) is 36.6 Å². The van der Waals surface area contributed by atoms with Crippen molar-refractivity contribution in [2.75, 3.05) is 25.6 Å². The number of benzene rings is 1. The molecule has 1 saturated carbocycles. The molecule has 1 aromatic carbocycles. The van der Waals surface area contributed by atoms with E-state index in [0.29, 0.717) is 5.56 Å². The number of amides is 3. The molecule has 1 aliphatic rings. The molecule has 0 radical (unpaired) electrons. The molecule has 3 amide bonds. The van der Waals surface area contributed by atoms with E-state index in [1.807, 2.05) is 31.1 Å². The van der Waals surface area contributed by atoms with Crippen molar-refractivity contribution in [3.8, 4) is 6.07 Å². The molecule has 8 nitrogen and oxygen atoms in total. The number of anilines is 1. The van der Waals surface area contributed by atoms with E-state index in [1.165, 1.54) is 6.08 Å². The standard InChI is InChI=1S/C20H24N4O4/c1-24(2)17-9-7-14(8-10-17)11-15(12-21)19(26)28-13-18(25)23-20(27)22-16-5-3-4-6-16/h7-11,16H,3-6,13H2,1-2H3,(H2,22,23,25,27)/b15-11+. The van der Waals surface area contributed by atoms with Crippen molar-refractivity contribution in [2.24, 2.45) is 0 Å². The molecule has 0 aliphatic heterocycles. The van der Waals surface area contributed by atoms with Gasteiger partial charge in [-0.2, -0.15) is 5.26 Å². The fourth-order valence-electron chi connectivity index (χ4n) is 2.84. The Bertz CT molecular complexity index is 787. The Morgan fingerprint density at radius 1 is 1.21 bits per heavy atom. The van der Waals surface area contributed by atoms with Crippen LogP contribution < -0.4 is 15.5 Å². The molecule has 1 fully saturated rings. The Hall–Kier alpha value is -3.34. The van der Waals surface area contributed by atoms with Gasteiger partial charge in [-0.1, -0.05) is 25.0 Å². The second kappa shape index (κ2) is 10.1. The highest BCUT2D eigenvalue weighted by Crippen LogP contribution is 2.17. The second-order valence-corrected chi connectivity index (χ2v) is 6.73. The molecule has 1 aliphatic carbocycles.